The largest absolute Gasteiger partial charge is 0.457 e. The summed E-state index contributed by atoms with van der Waals surface area (Å²) < 4.78 is 32.8. The van der Waals surface area contributed by atoms with Crippen LogP contribution < -0.4 is 4.74 Å². The molecule has 2 aliphatic heterocycles. The third kappa shape index (κ3) is 3.73. The Balaban J connectivity index is 1.31. The van der Waals surface area contributed by atoms with Gasteiger partial charge >= 0.3 is 0 Å². The standard InChI is InChI=1S/C26H26F2N2O2/c1-3-29-14-26(15-29)16-30(17-26)24(31)19-7-12-22-18(13-19)5-4-6-23(22)32-21-10-8-20(9-11-21)25(2,27)28/h4-13H,3,14-17H2,1-2H3. The van der Waals surface area contributed by atoms with Crippen molar-refractivity contribution in [1.29, 1.82) is 0 Å². The lowest BCUT2D eigenvalue weighted by atomic mass is 9.72. The third-order valence-electron chi connectivity index (χ3n) is 6.58. The van der Waals surface area contributed by atoms with E-state index in [0.717, 1.165) is 50.4 Å². The van der Waals surface area contributed by atoms with Crippen LogP contribution in [0.1, 0.15) is 29.8 Å². The number of carbonyl (C=O) groups is 1. The van der Waals surface area contributed by atoms with Gasteiger partial charge in [-0.15, -0.1) is 0 Å². The van der Waals surface area contributed by atoms with Crippen molar-refractivity contribution in [1.82, 2.24) is 9.80 Å². The smallest absolute Gasteiger partial charge is 0.270 e. The molecule has 1 amide bonds. The number of rotatable bonds is 5. The van der Waals surface area contributed by atoms with Gasteiger partial charge in [0.1, 0.15) is 11.5 Å². The van der Waals surface area contributed by atoms with Gasteiger partial charge in [0, 0.05) is 55.0 Å². The van der Waals surface area contributed by atoms with Crippen molar-refractivity contribution >= 4 is 16.7 Å². The van der Waals surface area contributed by atoms with E-state index in [1.807, 2.05) is 41.3 Å². The van der Waals surface area contributed by atoms with Crippen LogP contribution in [-0.4, -0.2) is 48.4 Å². The fourth-order valence-electron chi connectivity index (χ4n) is 4.83. The molecule has 1 spiro atoms. The Kier molecular flexibility index (Phi) is 4.93. The zero-order chi connectivity index (χ0) is 22.5. The first-order chi connectivity index (χ1) is 15.3. The van der Waals surface area contributed by atoms with Crippen LogP contribution >= 0.6 is 0 Å². The average molecular weight is 437 g/mol. The Morgan fingerprint density at radius 3 is 2.41 bits per heavy atom. The summed E-state index contributed by atoms with van der Waals surface area (Å²) in [6.45, 7) is 7.94. The predicted molar refractivity (Wildman–Crippen MR) is 120 cm³/mol. The number of hydrogen-bond acceptors (Lipinski definition) is 3. The molecule has 0 unspecified atom stereocenters. The summed E-state index contributed by atoms with van der Waals surface area (Å²) in [7, 11) is 0. The second-order valence-corrected chi connectivity index (χ2v) is 9.17. The molecule has 0 aliphatic carbocycles. The fourth-order valence-corrected chi connectivity index (χ4v) is 4.83. The second kappa shape index (κ2) is 7.55. The maximum absolute atomic E-state index is 13.4. The molecule has 2 aliphatic rings. The maximum Gasteiger partial charge on any atom is 0.270 e. The van der Waals surface area contributed by atoms with E-state index < -0.39 is 5.92 Å². The Hall–Kier alpha value is -2.99. The van der Waals surface area contributed by atoms with Gasteiger partial charge in [-0.1, -0.05) is 19.1 Å². The third-order valence-corrected chi connectivity index (χ3v) is 6.58. The van der Waals surface area contributed by atoms with Gasteiger partial charge < -0.3 is 14.5 Å². The summed E-state index contributed by atoms with van der Waals surface area (Å²) in [5.41, 5.74) is 0.926. The van der Waals surface area contributed by atoms with Crippen LogP contribution in [0, 0.1) is 5.41 Å². The van der Waals surface area contributed by atoms with Crippen molar-refractivity contribution in [3.05, 3.63) is 71.8 Å². The molecule has 0 radical (unpaired) electrons. The van der Waals surface area contributed by atoms with Crippen molar-refractivity contribution in [3.63, 3.8) is 0 Å². The van der Waals surface area contributed by atoms with E-state index in [1.54, 1.807) is 12.1 Å². The molecule has 2 saturated heterocycles. The maximum atomic E-state index is 13.4. The molecule has 3 aromatic carbocycles. The summed E-state index contributed by atoms with van der Waals surface area (Å²) >= 11 is 0. The molecular weight excluding hydrogens is 410 g/mol. The molecule has 2 fully saturated rings. The van der Waals surface area contributed by atoms with Crippen molar-refractivity contribution in [2.45, 2.75) is 19.8 Å². The summed E-state index contributed by atoms with van der Waals surface area (Å²) in [6.07, 6.45) is 0. The van der Waals surface area contributed by atoms with Gasteiger partial charge in [0.2, 0.25) is 0 Å². The highest BCUT2D eigenvalue weighted by Crippen LogP contribution is 2.40. The van der Waals surface area contributed by atoms with E-state index in [9.17, 15) is 13.6 Å². The van der Waals surface area contributed by atoms with Gasteiger partial charge in [-0.2, -0.15) is 0 Å². The van der Waals surface area contributed by atoms with Gasteiger partial charge in [-0.25, -0.2) is 8.78 Å². The zero-order valence-corrected chi connectivity index (χ0v) is 18.3. The topological polar surface area (TPSA) is 32.8 Å². The van der Waals surface area contributed by atoms with Crippen LogP contribution in [0.15, 0.2) is 60.7 Å². The minimum absolute atomic E-state index is 0.0528. The number of hydrogen-bond donors (Lipinski definition) is 0. The summed E-state index contributed by atoms with van der Waals surface area (Å²) in [6, 6.07) is 17.1. The lowest BCUT2D eigenvalue weighted by Crippen LogP contribution is -2.72. The van der Waals surface area contributed by atoms with E-state index in [1.165, 1.54) is 12.1 Å². The highest BCUT2D eigenvalue weighted by Gasteiger charge is 2.52. The molecule has 3 aromatic rings. The molecule has 5 rings (SSSR count). The Labute approximate surface area is 186 Å². The molecule has 6 heteroatoms. The normalized spacial score (nSPS) is 17.8. The SMILES string of the molecule is CCN1CC2(C1)CN(C(=O)c1ccc3c(Oc4ccc(C(C)(F)F)cc4)cccc3c1)C2. The molecule has 0 atom stereocenters. The van der Waals surface area contributed by atoms with E-state index in [2.05, 4.69) is 11.8 Å². The number of nitrogens with zero attached hydrogens (tertiary/aromatic N) is 2. The number of halogens is 2. The Morgan fingerprint density at radius 2 is 1.75 bits per heavy atom. The molecule has 32 heavy (non-hydrogen) atoms. The van der Waals surface area contributed by atoms with Crippen LogP contribution in [-0.2, 0) is 5.92 Å². The summed E-state index contributed by atoms with van der Waals surface area (Å²) in [5.74, 6) is -1.71. The molecule has 2 heterocycles. The number of likely N-dealkylation sites (tertiary alicyclic amines) is 2. The molecule has 0 N–H and O–H groups in total. The number of carbonyl (C=O) groups excluding carboxylic acids is 1. The van der Waals surface area contributed by atoms with E-state index in [-0.39, 0.29) is 11.5 Å². The van der Waals surface area contributed by atoms with Crippen LogP contribution in [0.4, 0.5) is 8.78 Å². The van der Waals surface area contributed by atoms with Crippen molar-refractivity contribution in [2.24, 2.45) is 5.41 Å². The zero-order valence-electron chi connectivity index (χ0n) is 18.3. The average Bonchev–Trinajstić information content (AvgIpc) is 2.71. The van der Waals surface area contributed by atoms with E-state index >= 15 is 0 Å². The van der Waals surface area contributed by atoms with Crippen molar-refractivity contribution in [2.75, 3.05) is 32.7 Å². The Morgan fingerprint density at radius 1 is 1.03 bits per heavy atom. The van der Waals surface area contributed by atoms with Crippen LogP contribution in [0.5, 0.6) is 11.5 Å². The van der Waals surface area contributed by atoms with Crippen LogP contribution in [0.3, 0.4) is 0 Å². The number of benzene rings is 3. The van der Waals surface area contributed by atoms with Gasteiger partial charge in [-0.05, 0) is 60.5 Å². The molecule has 0 aromatic heterocycles. The van der Waals surface area contributed by atoms with Gasteiger partial charge in [0.15, 0.2) is 0 Å². The minimum atomic E-state index is -2.88. The first-order valence-corrected chi connectivity index (χ1v) is 11.0. The minimum Gasteiger partial charge on any atom is -0.457 e. The number of amides is 1. The molecule has 4 nitrogen and oxygen atoms in total. The van der Waals surface area contributed by atoms with E-state index in [0.29, 0.717) is 22.5 Å². The lowest BCUT2D eigenvalue weighted by Gasteiger charge is -2.60. The summed E-state index contributed by atoms with van der Waals surface area (Å²) in [4.78, 5) is 17.3. The highest BCUT2D eigenvalue weighted by atomic mass is 19.3. The second-order valence-electron chi connectivity index (χ2n) is 9.17. The van der Waals surface area contributed by atoms with Crippen LogP contribution in [0.2, 0.25) is 0 Å². The molecule has 0 bridgehead atoms. The first kappa shape index (κ1) is 20.9. The Bertz CT molecular complexity index is 1160. The number of fused-ring (bicyclic) bond motifs is 1. The number of ether oxygens (including phenoxy) is 1. The van der Waals surface area contributed by atoms with Gasteiger partial charge in [0.25, 0.3) is 11.8 Å². The quantitative estimate of drug-likeness (QED) is 0.528. The van der Waals surface area contributed by atoms with Gasteiger partial charge in [0.05, 0.1) is 0 Å². The monoisotopic (exact) mass is 436 g/mol. The predicted octanol–water partition coefficient (Wildman–Crippen LogP) is 5.52. The molecule has 166 valence electrons. The van der Waals surface area contributed by atoms with Crippen LogP contribution in [0.25, 0.3) is 10.8 Å². The highest BCUT2D eigenvalue weighted by molar-refractivity contribution is 6.00. The fraction of sp³-hybridized carbons (Fsp3) is 0.346. The van der Waals surface area contributed by atoms with Crippen molar-refractivity contribution < 1.29 is 18.3 Å². The van der Waals surface area contributed by atoms with Gasteiger partial charge in [-0.3, -0.25) is 4.79 Å². The molecule has 0 saturated carbocycles. The summed E-state index contributed by atoms with van der Waals surface area (Å²) in [5, 5.41) is 1.77. The van der Waals surface area contributed by atoms with E-state index in [4.69, 9.17) is 4.74 Å². The first-order valence-electron chi connectivity index (χ1n) is 11.0. The number of alkyl halides is 2. The molecular formula is C26H26F2N2O2. The lowest BCUT2D eigenvalue weighted by molar-refractivity contribution is -0.0958. The van der Waals surface area contributed by atoms with Crippen molar-refractivity contribution in [3.8, 4) is 11.5 Å².